The van der Waals surface area contributed by atoms with Crippen molar-refractivity contribution in [3.05, 3.63) is 164 Å². The smallest absolute Gasteiger partial charge is 0.164 e. The third-order valence-electron chi connectivity index (χ3n) is 9.48. The summed E-state index contributed by atoms with van der Waals surface area (Å²) >= 11 is 0. The SMILES string of the molecule is c1ccc(-c2nc(-c3ccc4ccccc4c3)nc(-c3cccc4oc5c6ccccc6c(-c6ccc7ccccc7c6)cc5c34)n2)cc1. The summed E-state index contributed by atoms with van der Waals surface area (Å²) in [6.07, 6.45) is 0. The van der Waals surface area contributed by atoms with Gasteiger partial charge in [-0.3, -0.25) is 0 Å². The lowest BCUT2D eigenvalue weighted by molar-refractivity contribution is 0.673. The van der Waals surface area contributed by atoms with E-state index >= 15 is 0 Å². The topological polar surface area (TPSA) is 51.8 Å². The van der Waals surface area contributed by atoms with Crippen LogP contribution in [0, 0.1) is 0 Å². The van der Waals surface area contributed by atoms with E-state index in [1.54, 1.807) is 0 Å². The van der Waals surface area contributed by atoms with Crippen LogP contribution in [0.3, 0.4) is 0 Å². The maximum atomic E-state index is 6.70. The number of rotatable bonds is 4. The Bertz CT molecular complexity index is 2890. The molecule has 228 valence electrons. The summed E-state index contributed by atoms with van der Waals surface area (Å²) in [5.74, 6) is 1.85. The molecule has 0 saturated heterocycles. The summed E-state index contributed by atoms with van der Waals surface area (Å²) in [7, 11) is 0. The Labute approximate surface area is 282 Å². The van der Waals surface area contributed by atoms with Gasteiger partial charge in [0.25, 0.3) is 0 Å². The fraction of sp³-hybridized carbons (Fsp3) is 0. The molecular weight excluding hydrogens is 599 g/mol. The first-order valence-electron chi connectivity index (χ1n) is 16.4. The molecule has 2 aromatic heterocycles. The van der Waals surface area contributed by atoms with E-state index in [2.05, 4.69) is 121 Å². The quantitative estimate of drug-likeness (QED) is 0.195. The zero-order chi connectivity index (χ0) is 32.3. The zero-order valence-electron chi connectivity index (χ0n) is 26.3. The Morgan fingerprint density at radius 2 is 0.939 bits per heavy atom. The summed E-state index contributed by atoms with van der Waals surface area (Å²) in [6, 6.07) is 57.0. The molecule has 0 aliphatic heterocycles. The number of furan rings is 1. The van der Waals surface area contributed by atoms with E-state index in [0.717, 1.165) is 65.9 Å². The molecule has 4 heteroatoms. The zero-order valence-corrected chi connectivity index (χ0v) is 26.3. The molecule has 0 atom stereocenters. The first-order valence-corrected chi connectivity index (χ1v) is 16.4. The maximum absolute atomic E-state index is 6.70. The molecule has 0 spiro atoms. The second-order valence-electron chi connectivity index (χ2n) is 12.4. The third kappa shape index (κ3) is 4.57. The van der Waals surface area contributed by atoms with Crippen LogP contribution in [0.4, 0.5) is 0 Å². The highest BCUT2D eigenvalue weighted by molar-refractivity contribution is 6.22. The minimum atomic E-state index is 0.603. The standard InChI is InChI=1S/C45H27N3O/c1-2-13-30(14-3-1)43-46-44(34-24-22-29-12-5-7-16-32(29)26-34)48-45(47-43)37-19-10-20-40-41(37)39-27-38(35-17-8-9-18-36(35)42(39)49-40)33-23-21-28-11-4-6-15-31(28)25-33/h1-27H. The highest BCUT2D eigenvalue weighted by Gasteiger charge is 2.20. The van der Waals surface area contributed by atoms with Crippen molar-refractivity contribution in [2.24, 2.45) is 0 Å². The summed E-state index contributed by atoms with van der Waals surface area (Å²) in [4.78, 5) is 15.3. The molecule has 49 heavy (non-hydrogen) atoms. The number of fused-ring (bicyclic) bond motifs is 7. The van der Waals surface area contributed by atoms with Gasteiger partial charge in [0, 0.05) is 32.8 Å². The van der Waals surface area contributed by atoms with Gasteiger partial charge < -0.3 is 4.42 Å². The van der Waals surface area contributed by atoms with Crippen molar-refractivity contribution in [1.82, 2.24) is 15.0 Å². The van der Waals surface area contributed by atoms with Gasteiger partial charge in [0.1, 0.15) is 11.2 Å². The van der Waals surface area contributed by atoms with Crippen LogP contribution in [0.1, 0.15) is 0 Å². The van der Waals surface area contributed by atoms with E-state index < -0.39 is 0 Å². The summed E-state index contributed by atoms with van der Waals surface area (Å²) in [6.45, 7) is 0. The minimum absolute atomic E-state index is 0.603. The van der Waals surface area contributed by atoms with E-state index in [-0.39, 0.29) is 0 Å². The number of nitrogens with zero attached hydrogens (tertiary/aromatic N) is 3. The van der Waals surface area contributed by atoms with Crippen LogP contribution in [0.25, 0.3) is 99.5 Å². The molecule has 0 radical (unpaired) electrons. The van der Waals surface area contributed by atoms with Crippen LogP contribution in [0.15, 0.2) is 168 Å². The lowest BCUT2D eigenvalue weighted by atomic mass is 9.93. The highest BCUT2D eigenvalue weighted by Crippen LogP contribution is 2.43. The molecule has 0 N–H and O–H groups in total. The molecule has 10 aromatic rings. The van der Waals surface area contributed by atoms with Gasteiger partial charge in [0.2, 0.25) is 0 Å². The predicted molar refractivity (Wildman–Crippen MR) is 201 cm³/mol. The van der Waals surface area contributed by atoms with E-state index in [1.165, 1.54) is 16.2 Å². The normalized spacial score (nSPS) is 11.7. The average molecular weight is 626 g/mol. The van der Waals surface area contributed by atoms with Crippen molar-refractivity contribution >= 4 is 54.3 Å². The van der Waals surface area contributed by atoms with E-state index in [9.17, 15) is 0 Å². The van der Waals surface area contributed by atoms with Gasteiger partial charge in [0.15, 0.2) is 17.5 Å². The highest BCUT2D eigenvalue weighted by atomic mass is 16.3. The van der Waals surface area contributed by atoms with Gasteiger partial charge in [-0.15, -0.1) is 0 Å². The first-order chi connectivity index (χ1) is 24.3. The van der Waals surface area contributed by atoms with Gasteiger partial charge >= 0.3 is 0 Å². The molecule has 0 saturated carbocycles. The predicted octanol–water partition coefficient (Wildman–Crippen LogP) is 11.9. The number of aromatic nitrogens is 3. The van der Waals surface area contributed by atoms with Crippen molar-refractivity contribution in [2.45, 2.75) is 0 Å². The molecular formula is C45H27N3O. The van der Waals surface area contributed by atoms with Crippen LogP contribution >= 0.6 is 0 Å². The lowest BCUT2D eigenvalue weighted by Gasteiger charge is -2.11. The maximum Gasteiger partial charge on any atom is 0.164 e. The van der Waals surface area contributed by atoms with Crippen molar-refractivity contribution in [1.29, 1.82) is 0 Å². The molecule has 0 amide bonds. The summed E-state index contributed by atoms with van der Waals surface area (Å²) in [5, 5.41) is 8.98. The Kier molecular flexibility index (Phi) is 6.15. The Morgan fingerprint density at radius 3 is 1.69 bits per heavy atom. The lowest BCUT2D eigenvalue weighted by Crippen LogP contribution is -2.00. The number of hydrogen-bond acceptors (Lipinski definition) is 4. The van der Waals surface area contributed by atoms with E-state index in [4.69, 9.17) is 19.4 Å². The Balaban J connectivity index is 1.25. The fourth-order valence-electron chi connectivity index (χ4n) is 7.10. The average Bonchev–Trinajstić information content (AvgIpc) is 3.56. The summed E-state index contributed by atoms with van der Waals surface area (Å²) < 4.78 is 6.70. The van der Waals surface area contributed by atoms with Gasteiger partial charge in [-0.05, 0) is 62.3 Å². The van der Waals surface area contributed by atoms with Gasteiger partial charge in [-0.2, -0.15) is 0 Å². The van der Waals surface area contributed by atoms with E-state index in [1.807, 2.05) is 42.5 Å². The first kappa shape index (κ1) is 27.5. The second kappa shape index (κ2) is 11.0. The van der Waals surface area contributed by atoms with Crippen LogP contribution in [0.2, 0.25) is 0 Å². The molecule has 0 bridgehead atoms. The molecule has 8 aromatic carbocycles. The molecule has 0 unspecified atom stereocenters. The minimum Gasteiger partial charge on any atom is -0.455 e. The number of hydrogen-bond donors (Lipinski definition) is 0. The molecule has 0 aliphatic carbocycles. The largest absolute Gasteiger partial charge is 0.455 e. The van der Waals surface area contributed by atoms with Gasteiger partial charge in [-0.25, -0.2) is 15.0 Å². The van der Waals surface area contributed by atoms with Crippen LogP contribution in [-0.4, -0.2) is 15.0 Å². The van der Waals surface area contributed by atoms with E-state index in [0.29, 0.717) is 17.5 Å². The number of benzene rings is 8. The van der Waals surface area contributed by atoms with Crippen molar-refractivity contribution in [2.75, 3.05) is 0 Å². The fourth-order valence-corrected chi connectivity index (χ4v) is 7.10. The van der Waals surface area contributed by atoms with Crippen LogP contribution < -0.4 is 0 Å². The Hall–Kier alpha value is -6.65. The van der Waals surface area contributed by atoms with Crippen molar-refractivity contribution in [3.63, 3.8) is 0 Å². The molecule has 10 rings (SSSR count). The monoisotopic (exact) mass is 625 g/mol. The second-order valence-corrected chi connectivity index (χ2v) is 12.4. The van der Waals surface area contributed by atoms with Crippen LogP contribution in [0.5, 0.6) is 0 Å². The van der Waals surface area contributed by atoms with Crippen molar-refractivity contribution in [3.8, 4) is 45.3 Å². The molecule has 4 nitrogen and oxygen atoms in total. The van der Waals surface area contributed by atoms with Crippen molar-refractivity contribution < 1.29 is 4.42 Å². The van der Waals surface area contributed by atoms with Gasteiger partial charge in [0.05, 0.1) is 0 Å². The molecule has 0 aliphatic rings. The Morgan fingerprint density at radius 1 is 0.347 bits per heavy atom. The van der Waals surface area contributed by atoms with Crippen LogP contribution in [-0.2, 0) is 0 Å². The molecule has 0 fully saturated rings. The molecule has 2 heterocycles. The summed E-state index contributed by atoms with van der Waals surface area (Å²) in [5.41, 5.74) is 6.74. The third-order valence-corrected chi connectivity index (χ3v) is 9.48. The van der Waals surface area contributed by atoms with Gasteiger partial charge in [-0.1, -0.05) is 140 Å².